The number of amides is 2. The van der Waals surface area contributed by atoms with Crippen LogP contribution in [0.2, 0.25) is 0 Å². The lowest BCUT2D eigenvalue weighted by Gasteiger charge is -2.37. The molecule has 4 rings (SSSR count). The smallest absolute Gasteiger partial charge is 0.233 e. The molecule has 3 fully saturated rings. The number of hydrogen-bond donors (Lipinski definition) is 4. The van der Waals surface area contributed by atoms with E-state index in [1.54, 1.807) is 0 Å². The molecular formula is C21H28FN3O6. The molecule has 5 unspecified atom stereocenters. The van der Waals surface area contributed by atoms with Crippen LogP contribution in [0.4, 0.5) is 10.1 Å². The van der Waals surface area contributed by atoms with Gasteiger partial charge in [0.25, 0.3) is 0 Å². The number of hydrogen-bond acceptors (Lipinski definition) is 8. The number of carbonyl (C=O) groups is 2. The zero-order valence-corrected chi connectivity index (χ0v) is 17.1. The molecule has 1 saturated carbocycles. The second-order valence-electron chi connectivity index (χ2n) is 8.68. The summed E-state index contributed by atoms with van der Waals surface area (Å²) >= 11 is 0. The van der Waals surface area contributed by atoms with Crippen LogP contribution in [0.3, 0.4) is 0 Å². The summed E-state index contributed by atoms with van der Waals surface area (Å²) in [6.07, 6.45) is -2.86. The van der Waals surface area contributed by atoms with Crippen LogP contribution in [0.15, 0.2) is 18.2 Å². The number of phenols is 1. The van der Waals surface area contributed by atoms with Gasteiger partial charge < -0.3 is 25.3 Å². The molecule has 2 aliphatic heterocycles. The highest BCUT2D eigenvalue weighted by molar-refractivity contribution is 6.05. The Balaban J connectivity index is 1.30. The van der Waals surface area contributed by atoms with E-state index in [0.29, 0.717) is 31.9 Å². The van der Waals surface area contributed by atoms with Crippen LogP contribution in [0, 0.1) is 17.7 Å². The van der Waals surface area contributed by atoms with Gasteiger partial charge in [-0.25, -0.2) is 4.39 Å². The number of imide groups is 1. The van der Waals surface area contributed by atoms with E-state index in [4.69, 9.17) is 0 Å². The number of β-amino-alcohol motifs (C(OH)–C–C–N with tert-alkyl or cyclic N) is 1. The van der Waals surface area contributed by atoms with Crippen LogP contribution in [-0.2, 0) is 9.59 Å². The van der Waals surface area contributed by atoms with Crippen LogP contribution in [0.25, 0.3) is 0 Å². The SMILES string of the molecule is O=C1C2CC(O)C(O)CC2C(=O)N1CC(O)CN1CCN(c2cc(F)ccc2O)CC1. The van der Waals surface area contributed by atoms with Crippen molar-refractivity contribution in [3.8, 4) is 5.75 Å². The summed E-state index contributed by atoms with van der Waals surface area (Å²) < 4.78 is 13.5. The molecule has 170 valence electrons. The fraction of sp³-hybridized carbons (Fsp3) is 0.619. The maximum Gasteiger partial charge on any atom is 0.233 e. The summed E-state index contributed by atoms with van der Waals surface area (Å²) in [4.78, 5) is 30.2. The second-order valence-corrected chi connectivity index (χ2v) is 8.68. The fourth-order valence-electron chi connectivity index (χ4n) is 4.89. The zero-order chi connectivity index (χ0) is 22.3. The molecule has 5 atom stereocenters. The third-order valence-electron chi connectivity index (χ3n) is 6.60. The molecule has 2 heterocycles. The molecule has 0 radical (unpaired) electrons. The van der Waals surface area contributed by atoms with Crippen LogP contribution >= 0.6 is 0 Å². The normalized spacial score (nSPS) is 30.6. The number of anilines is 1. The quantitative estimate of drug-likeness (QED) is 0.439. The molecule has 1 aliphatic carbocycles. The number of piperazine rings is 1. The van der Waals surface area contributed by atoms with Crippen molar-refractivity contribution in [3.05, 3.63) is 24.0 Å². The molecular weight excluding hydrogens is 409 g/mol. The summed E-state index contributed by atoms with van der Waals surface area (Å²) in [5.41, 5.74) is 0.431. The van der Waals surface area contributed by atoms with E-state index in [1.165, 1.54) is 18.2 Å². The van der Waals surface area contributed by atoms with E-state index in [0.717, 1.165) is 4.90 Å². The number of carbonyl (C=O) groups excluding carboxylic acids is 2. The number of nitrogens with zero attached hydrogens (tertiary/aromatic N) is 3. The average Bonchev–Trinajstić information content (AvgIpc) is 2.95. The van der Waals surface area contributed by atoms with Gasteiger partial charge in [0.15, 0.2) is 0 Å². The van der Waals surface area contributed by atoms with Gasteiger partial charge in [-0.15, -0.1) is 0 Å². The first-order valence-corrected chi connectivity index (χ1v) is 10.6. The van der Waals surface area contributed by atoms with Crippen LogP contribution in [0.5, 0.6) is 5.75 Å². The van der Waals surface area contributed by atoms with Crippen molar-refractivity contribution in [2.75, 3.05) is 44.2 Å². The maximum atomic E-state index is 13.5. The topological polar surface area (TPSA) is 125 Å². The Kier molecular flexibility index (Phi) is 6.16. The summed E-state index contributed by atoms with van der Waals surface area (Å²) in [5.74, 6) is -2.48. The predicted molar refractivity (Wildman–Crippen MR) is 108 cm³/mol. The first-order valence-electron chi connectivity index (χ1n) is 10.6. The van der Waals surface area contributed by atoms with Crippen molar-refractivity contribution >= 4 is 17.5 Å². The number of phenolic OH excluding ortho intramolecular Hbond substituents is 1. The first kappa shape index (κ1) is 21.9. The van der Waals surface area contributed by atoms with Crippen LogP contribution < -0.4 is 4.90 Å². The third-order valence-corrected chi connectivity index (χ3v) is 6.60. The van der Waals surface area contributed by atoms with E-state index in [2.05, 4.69) is 0 Å². The van der Waals surface area contributed by atoms with Crippen molar-refractivity contribution in [2.45, 2.75) is 31.2 Å². The van der Waals surface area contributed by atoms with Gasteiger partial charge in [0.2, 0.25) is 11.8 Å². The van der Waals surface area contributed by atoms with Gasteiger partial charge in [-0.05, 0) is 25.0 Å². The highest BCUT2D eigenvalue weighted by atomic mass is 19.1. The molecule has 3 aliphatic rings. The molecule has 31 heavy (non-hydrogen) atoms. The standard InChI is InChI=1S/C21H28FN3O6/c22-12-1-2-17(27)16(7-12)24-5-3-23(4-6-24)10-13(26)11-25-20(30)14-8-18(28)19(29)9-15(14)21(25)31/h1-2,7,13-15,18-19,26-29H,3-6,8-11H2. The molecule has 1 aromatic rings. The molecule has 10 heteroatoms. The number of benzene rings is 1. The van der Waals surface area contributed by atoms with E-state index < -0.39 is 47.8 Å². The van der Waals surface area contributed by atoms with E-state index >= 15 is 0 Å². The fourth-order valence-corrected chi connectivity index (χ4v) is 4.89. The summed E-state index contributed by atoms with van der Waals surface area (Å²) in [6, 6.07) is 3.81. The van der Waals surface area contributed by atoms with Gasteiger partial charge in [0.05, 0.1) is 42.4 Å². The molecule has 4 N–H and O–H groups in total. The minimum absolute atomic E-state index is 0.0117. The summed E-state index contributed by atoms with van der Waals surface area (Å²) in [7, 11) is 0. The number of likely N-dealkylation sites (tertiary alicyclic amines) is 1. The van der Waals surface area contributed by atoms with Crippen LogP contribution in [0.1, 0.15) is 12.8 Å². The lowest BCUT2D eigenvalue weighted by Crippen LogP contribution is -2.50. The maximum absolute atomic E-state index is 13.5. The number of aromatic hydroxyl groups is 1. The van der Waals surface area contributed by atoms with Gasteiger partial charge in [-0.2, -0.15) is 0 Å². The van der Waals surface area contributed by atoms with Gasteiger partial charge >= 0.3 is 0 Å². The molecule has 0 aromatic heterocycles. The predicted octanol–water partition coefficient (Wildman–Crippen LogP) is -0.869. The van der Waals surface area contributed by atoms with Crippen molar-refractivity contribution < 1.29 is 34.4 Å². The Hall–Kier alpha value is -2.27. The summed E-state index contributed by atoms with van der Waals surface area (Å²) in [5, 5.41) is 40.1. The van der Waals surface area contributed by atoms with E-state index in [1.807, 2.05) is 9.80 Å². The highest BCUT2D eigenvalue weighted by Gasteiger charge is 2.52. The Labute approximate surface area is 179 Å². The van der Waals surface area contributed by atoms with Gasteiger partial charge in [0.1, 0.15) is 11.6 Å². The lowest BCUT2D eigenvalue weighted by atomic mass is 9.78. The molecule has 1 aromatic carbocycles. The molecule has 2 amide bonds. The van der Waals surface area contributed by atoms with Crippen molar-refractivity contribution in [3.63, 3.8) is 0 Å². The molecule has 0 spiro atoms. The van der Waals surface area contributed by atoms with Crippen LogP contribution in [-0.4, -0.2) is 99.6 Å². The van der Waals surface area contributed by atoms with Gasteiger partial charge in [-0.1, -0.05) is 0 Å². The largest absolute Gasteiger partial charge is 0.506 e. The second kappa shape index (κ2) is 8.70. The van der Waals surface area contributed by atoms with Crippen molar-refractivity contribution in [1.82, 2.24) is 9.80 Å². The number of fused-ring (bicyclic) bond motifs is 1. The Bertz CT molecular complexity index is 818. The summed E-state index contributed by atoms with van der Waals surface area (Å²) in [6.45, 7) is 2.34. The Morgan fingerprint density at radius 1 is 0.968 bits per heavy atom. The van der Waals surface area contributed by atoms with Crippen molar-refractivity contribution in [1.29, 1.82) is 0 Å². The first-order chi connectivity index (χ1) is 14.7. The third kappa shape index (κ3) is 4.38. The van der Waals surface area contributed by atoms with Gasteiger partial charge in [-0.3, -0.25) is 19.4 Å². The lowest BCUT2D eigenvalue weighted by molar-refractivity contribution is -0.141. The minimum Gasteiger partial charge on any atom is -0.506 e. The number of aliphatic hydroxyl groups excluding tert-OH is 3. The monoisotopic (exact) mass is 437 g/mol. The number of aliphatic hydroxyl groups is 3. The number of rotatable bonds is 5. The Morgan fingerprint density at radius 3 is 2.13 bits per heavy atom. The average molecular weight is 437 g/mol. The molecule has 9 nitrogen and oxygen atoms in total. The van der Waals surface area contributed by atoms with E-state index in [9.17, 15) is 34.4 Å². The van der Waals surface area contributed by atoms with Gasteiger partial charge in [0, 0.05) is 38.8 Å². The highest BCUT2D eigenvalue weighted by Crippen LogP contribution is 2.38. The molecule has 2 saturated heterocycles. The Morgan fingerprint density at radius 2 is 1.55 bits per heavy atom. The van der Waals surface area contributed by atoms with Crippen molar-refractivity contribution in [2.24, 2.45) is 11.8 Å². The molecule has 0 bridgehead atoms. The zero-order valence-electron chi connectivity index (χ0n) is 17.1. The number of halogens is 1. The van der Waals surface area contributed by atoms with E-state index in [-0.39, 0.29) is 31.7 Å². The minimum atomic E-state index is -1.02.